The second-order valence-corrected chi connectivity index (χ2v) is 5.66. The molecule has 0 amide bonds. The maximum Gasteiger partial charge on any atom is 0.397 e. The van der Waals surface area contributed by atoms with E-state index in [-0.39, 0.29) is 12.5 Å². The highest BCUT2D eigenvalue weighted by Crippen LogP contribution is 2.17. The minimum absolute atomic E-state index is 0.112. The Morgan fingerprint density at radius 2 is 1.65 bits per heavy atom. The van der Waals surface area contributed by atoms with E-state index in [2.05, 4.69) is 18.0 Å². The lowest BCUT2D eigenvalue weighted by atomic mass is 9.97. The van der Waals surface area contributed by atoms with Crippen molar-refractivity contribution in [1.82, 2.24) is 0 Å². The number of hydrogen-bond donors (Lipinski definition) is 1. The van der Waals surface area contributed by atoms with Gasteiger partial charge in [0, 0.05) is 0 Å². The first-order valence-corrected chi connectivity index (χ1v) is 7.98. The summed E-state index contributed by atoms with van der Waals surface area (Å²) in [4.78, 5) is 0. The molecule has 0 fully saturated rings. The van der Waals surface area contributed by atoms with Crippen molar-refractivity contribution in [3.63, 3.8) is 0 Å². The third-order valence-corrected chi connectivity index (χ3v) is 3.30. The summed E-state index contributed by atoms with van der Waals surface area (Å²) in [5.74, 6) is 0.239. The van der Waals surface area contributed by atoms with E-state index in [0.29, 0.717) is 0 Å². The lowest BCUT2D eigenvalue weighted by Gasteiger charge is -2.14. The zero-order valence-electron chi connectivity index (χ0n) is 11.0. The van der Waals surface area contributed by atoms with Crippen molar-refractivity contribution >= 4 is 10.4 Å². The molecule has 4 nitrogen and oxygen atoms in total. The van der Waals surface area contributed by atoms with E-state index < -0.39 is 10.4 Å². The summed E-state index contributed by atoms with van der Waals surface area (Å²) in [6.45, 7) is 4.36. The molecule has 0 aliphatic heterocycles. The van der Waals surface area contributed by atoms with Crippen LogP contribution in [-0.4, -0.2) is 19.6 Å². The molecule has 0 saturated heterocycles. The minimum Gasteiger partial charge on any atom is -0.264 e. The molecule has 0 aromatic carbocycles. The van der Waals surface area contributed by atoms with Gasteiger partial charge in [-0.3, -0.25) is 4.55 Å². The van der Waals surface area contributed by atoms with Gasteiger partial charge in [0.2, 0.25) is 0 Å². The molecule has 1 N–H and O–H groups in total. The zero-order valence-corrected chi connectivity index (χ0v) is 11.8. The second-order valence-electron chi connectivity index (χ2n) is 4.57. The quantitative estimate of drug-likeness (QED) is 0.458. The van der Waals surface area contributed by atoms with Crippen LogP contribution in [-0.2, 0) is 14.6 Å². The van der Waals surface area contributed by atoms with Crippen molar-refractivity contribution in [2.45, 2.75) is 65.2 Å². The standard InChI is InChI=1S/C12H26O4S/c1-3-5-6-7-8-10-12(9-4-2)11-16-17(13,14)15/h12H,3-11H2,1-2H3,(H,13,14,15). The van der Waals surface area contributed by atoms with Gasteiger partial charge in [0.05, 0.1) is 6.61 Å². The highest BCUT2D eigenvalue weighted by atomic mass is 32.3. The molecule has 0 bridgehead atoms. The summed E-state index contributed by atoms with van der Waals surface area (Å²) in [6, 6.07) is 0. The first-order chi connectivity index (χ1) is 7.99. The monoisotopic (exact) mass is 266 g/mol. The lowest BCUT2D eigenvalue weighted by Crippen LogP contribution is -2.14. The summed E-state index contributed by atoms with van der Waals surface area (Å²) in [5.41, 5.74) is 0. The van der Waals surface area contributed by atoms with E-state index in [1.807, 2.05) is 0 Å². The van der Waals surface area contributed by atoms with Crippen molar-refractivity contribution < 1.29 is 17.2 Å². The van der Waals surface area contributed by atoms with E-state index in [1.54, 1.807) is 0 Å². The smallest absolute Gasteiger partial charge is 0.264 e. The summed E-state index contributed by atoms with van der Waals surface area (Å²) >= 11 is 0. The molecule has 0 spiro atoms. The molecule has 0 aromatic heterocycles. The Labute approximate surface area is 106 Å². The Balaban J connectivity index is 3.74. The van der Waals surface area contributed by atoms with Gasteiger partial charge in [0.15, 0.2) is 0 Å². The van der Waals surface area contributed by atoms with Crippen LogP contribution in [0.1, 0.15) is 65.2 Å². The molecule has 0 saturated carbocycles. The van der Waals surface area contributed by atoms with Gasteiger partial charge >= 0.3 is 10.4 Å². The third-order valence-electron chi connectivity index (χ3n) is 2.87. The van der Waals surface area contributed by atoms with Crippen molar-refractivity contribution in [3.05, 3.63) is 0 Å². The van der Waals surface area contributed by atoms with Crippen molar-refractivity contribution in [3.8, 4) is 0 Å². The fourth-order valence-corrected chi connectivity index (χ4v) is 2.30. The van der Waals surface area contributed by atoms with Crippen LogP contribution in [0.5, 0.6) is 0 Å². The third kappa shape index (κ3) is 12.1. The molecule has 0 aliphatic rings. The van der Waals surface area contributed by atoms with Crippen LogP contribution in [0.2, 0.25) is 0 Å². The van der Waals surface area contributed by atoms with Crippen LogP contribution < -0.4 is 0 Å². The Kier molecular flexibility index (Phi) is 9.78. The molecule has 0 aliphatic carbocycles. The average molecular weight is 266 g/mol. The second kappa shape index (κ2) is 9.85. The van der Waals surface area contributed by atoms with Crippen molar-refractivity contribution in [2.75, 3.05) is 6.61 Å². The molecule has 0 aromatic rings. The van der Waals surface area contributed by atoms with Gasteiger partial charge in [-0.1, -0.05) is 52.4 Å². The molecule has 1 atom stereocenters. The van der Waals surface area contributed by atoms with Crippen LogP contribution in [0.4, 0.5) is 0 Å². The van der Waals surface area contributed by atoms with Crippen LogP contribution >= 0.6 is 0 Å². The normalized spacial score (nSPS) is 13.8. The Morgan fingerprint density at radius 1 is 1.00 bits per heavy atom. The lowest BCUT2D eigenvalue weighted by molar-refractivity contribution is 0.206. The van der Waals surface area contributed by atoms with Gasteiger partial charge in [-0.25, -0.2) is 4.18 Å². The fourth-order valence-electron chi connectivity index (χ4n) is 1.94. The highest BCUT2D eigenvalue weighted by Gasteiger charge is 2.12. The number of unbranched alkanes of at least 4 members (excludes halogenated alkanes) is 4. The van der Waals surface area contributed by atoms with Gasteiger partial charge in [0.1, 0.15) is 0 Å². The number of hydrogen-bond acceptors (Lipinski definition) is 3. The molecule has 5 heteroatoms. The van der Waals surface area contributed by atoms with Crippen LogP contribution in [0.25, 0.3) is 0 Å². The largest absolute Gasteiger partial charge is 0.397 e. The van der Waals surface area contributed by atoms with Crippen LogP contribution in [0.15, 0.2) is 0 Å². The average Bonchev–Trinajstić information content (AvgIpc) is 2.24. The maximum atomic E-state index is 10.5. The summed E-state index contributed by atoms with van der Waals surface area (Å²) < 4.78 is 34.0. The SMILES string of the molecule is CCCCCCCC(CCC)COS(=O)(=O)O. The molecule has 0 radical (unpaired) electrons. The molecule has 0 heterocycles. The van der Waals surface area contributed by atoms with Crippen molar-refractivity contribution in [1.29, 1.82) is 0 Å². The van der Waals surface area contributed by atoms with E-state index in [1.165, 1.54) is 25.7 Å². The van der Waals surface area contributed by atoms with Crippen molar-refractivity contribution in [2.24, 2.45) is 5.92 Å². The summed E-state index contributed by atoms with van der Waals surface area (Å²) in [6.07, 6.45) is 8.98. The topological polar surface area (TPSA) is 63.6 Å². The van der Waals surface area contributed by atoms with E-state index >= 15 is 0 Å². The summed E-state index contributed by atoms with van der Waals surface area (Å²) in [7, 11) is -4.28. The Morgan fingerprint density at radius 3 is 2.18 bits per heavy atom. The van der Waals surface area contributed by atoms with Gasteiger partial charge in [-0.2, -0.15) is 8.42 Å². The van der Waals surface area contributed by atoms with Gasteiger partial charge in [0.25, 0.3) is 0 Å². The highest BCUT2D eigenvalue weighted by molar-refractivity contribution is 7.80. The van der Waals surface area contributed by atoms with Gasteiger partial charge in [-0.05, 0) is 18.8 Å². The molecule has 104 valence electrons. The van der Waals surface area contributed by atoms with E-state index in [9.17, 15) is 8.42 Å². The van der Waals surface area contributed by atoms with E-state index in [0.717, 1.165) is 25.7 Å². The molecule has 17 heavy (non-hydrogen) atoms. The fraction of sp³-hybridized carbons (Fsp3) is 1.00. The van der Waals surface area contributed by atoms with Gasteiger partial charge < -0.3 is 0 Å². The molecular formula is C12H26O4S. The van der Waals surface area contributed by atoms with Crippen LogP contribution in [0, 0.1) is 5.92 Å². The Bertz CT molecular complexity index is 262. The zero-order chi connectivity index (χ0) is 13.1. The predicted molar refractivity (Wildman–Crippen MR) is 69.3 cm³/mol. The minimum atomic E-state index is -4.28. The molecule has 1 unspecified atom stereocenters. The number of rotatable bonds is 11. The van der Waals surface area contributed by atoms with Crippen LogP contribution in [0.3, 0.4) is 0 Å². The molecule has 0 rings (SSSR count). The Hall–Kier alpha value is -0.130. The molecular weight excluding hydrogens is 240 g/mol. The maximum absolute atomic E-state index is 10.5. The van der Waals surface area contributed by atoms with Gasteiger partial charge in [-0.15, -0.1) is 0 Å². The predicted octanol–water partition coefficient (Wildman–Crippen LogP) is 3.58. The van der Waals surface area contributed by atoms with E-state index in [4.69, 9.17) is 4.55 Å². The first-order valence-electron chi connectivity index (χ1n) is 6.61. The first kappa shape index (κ1) is 16.9. The summed E-state index contributed by atoms with van der Waals surface area (Å²) in [5, 5.41) is 0.